The summed E-state index contributed by atoms with van der Waals surface area (Å²) in [6.07, 6.45) is -0.332. The number of aliphatic hydroxyl groups excluding tert-OH is 1. The molecule has 0 unspecified atom stereocenters. The zero-order chi connectivity index (χ0) is 18.8. The maximum Gasteiger partial charge on any atom is 0.166 e. The summed E-state index contributed by atoms with van der Waals surface area (Å²) in [6.45, 7) is 5.05. The molecule has 0 bridgehead atoms. The van der Waals surface area contributed by atoms with Crippen LogP contribution in [-0.4, -0.2) is 38.0 Å². The predicted octanol–water partition coefficient (Wildman–Crippen LogP) is 2.99. The molecule has 0 saturated heterocycles. The maximum absolute atomic E-state index is 9.23. The highest BCUT2D eigenvalue weighted by Gasteiger charge is 2.11. The van der Waals surface area contributed by atoms with Crippen LogP contribution in [0.15, 0.2) is 42.5 Å². The van der Waals surface area contributed by atoms with Gasteiger partial charge in [-0.1, -0.05) is 35.9 Å². The van der Waals surface area contributed by atoms with Crippen molar-refractivity contribution >= 4 is 11.6 Å². The highest BCUT2D eigenvalue weighted by molar-refractivity contribution is 6.30. The minimum atomic E-state index is -0.332. The second-order valence-corrected chi connectivity index (χ2v) is 6.53. The normalized spacial score (nSPS) is 12.0. The van der Waals surface area contributed by atoms with Crippen LogP contribution >= 0.6 is 11.6 Å². The summed E-state index contributed by atoms with van der Waals surface area (Å²) in [5.41, 5.74) is 2.08. The number of hydrogen-bond donors (Lipinski definition) is 3. The van der Waals surface area contributed by atoms with Crippen molar-refractivity contribution in [2.75, 3.05) is 26.7 Å². The molecule has 0 saturated carbocycles. The summed E-state index contributed by atoms with van der Waals surface area (Å²) < 4.78 is 11.5. The van der Waals surface area contributed by atoms with E-state index in [9.17, 15) is 5.11 Å². The number of nitrogens with one attached hydrogen (secondary N) is 2. The maximum atomic E-state index is 9.23. The number of rotatable bonds is 11. The Morgan fingerprint density at radius 1 is 1.08 bits per heavy atom. The zero-order valence-electron chi connectivity index (χ0n) is 15.3. The third-order valence-corrected chi connectivity index (χ3v) is 4.06. The summed E-state index contributed by atoms with van der Waals surface area (Å²) in [7, 11) is 1.64. The highest BCUT2D eigenvalue weighted by atomic mass is 35.5. The molecular weight excluding hydrogens is 352 g/mol. The molecule has 6 heteroatoms. The first-order chi connectivity index (χ1) is 12.6. The van der Waals surface area contributed by atoms with Gasteiger partial charge < -0.3 is 25.2 Å². The topological polar surface area (TPSA) is 62.8 Å². The lowest BCUT2D eigenvalue weighted by atomic mass is 10.1. The molecule has 5 nitrogen and oxygen atoms in total. The van der Waals surface area contributed by atoms with Crippen LogP contribution in [-0.2, 0) is 13.2 Å². The van der Waals surface area contributed by atoms with Crippen LogP contribution in [0.4, 0.5) is 0 Å². The number of ether oxygens (including phenoxy) is 2. The van der Waals surface area contributed by atoms with Gasteiger partial charge in [0, 0.05) is 36.8 Å². The fourth-order valence-electron chi connectivity index (χ4n) is 2.47. The van der Waals surface area contributed by atoms with E-state index in [1.54, 1.807) is 14.0 Å². The third-order valence-electron chi connectivity index (χ3n) is 3.81. The van der Waals surface area contributed by atoms with E-state index in [2.05, 4.69) is 10.6 Å². The molecule has 0 heterocycles. The summed E-state index contributed by atoms with van der Waals surface area (Å²) in [5.74, 6) is 1.46. The van der Waals surface area contributed by atoms with Crippen molar-refractivity contribution in [2.45, 2.75) is 26.2 Å². The molecule has 142 valence electrons. The number of halogens is 1. The third kappa shape index (κ3) is 6.84. The van der Waals surface area contributed by atoms with E-state index in [-0.39, 0.29) is 6.10 Å². The molecule has 3 N–H and O–H groups in total. The minimum Gasteiger partial charge on any atom is -0.493 e. The van der Waals surface area contributed by atoms with Crippen molar-refractivity contribution in [1.29, 1.82) is 0 Å². The molecule has 0 amide bonds. The molecule has 0 fully saturated rings. The Balaban J connectivity index is 1.92. The molecule has 0 aliphatic heterocycles. The first-order valence-corrected chi connectivity index (χ1v) is 9.10. The van der Waals surface area contributed by atoms with E-state index in [4.69, 9.17) is 21.1 Å². The first-order valence-electron chi connectivity index (χ1n) is 8.72. The molecule has 0 radical (unpaired) electrons. The van der Waals surface area contributed by atoms with E-state index in [1.807, 2.05) is 42.5 Å². The largest absolute Gasteiger partial charge is 0.493 e. The van der Waals surface area contributed by atoms with Gasteiger partial charge in [-0.3, -0.25) is 0 Å². The fraction of sp³-hybridized carbons (Fsp3) is 0.400. The average Bonchev–Trinajstić information content (AvgIpc) is 2.64. The van der Waals surface area contributed by atoms with Crippen LogP contribution in [0.25, 0.3) is 0 Å². The molecule has 1 atom stereocenters. The smallest absolute Gasteiger partial charge is 0.166 e. The van der Waals surface area contributed by atoms with Crippen molar-refractivity contribution < 1.29 is 14.6 Å². The lowest BCUT2D eigenvalue weighted by molar-refractivity contribution is 0.191. The van der Waals surface area contributed by atoms with Crippen LogP contribution in [0, 0.1) is 0 Å². The van der Waals surface area contributed by atoms with Crippen molar-refractivity contribution in [1.82, 2.24) is 10.6 Å². The quantitative estimate of drug-likeness (QED) is 0.525. The molecule has 26 heavy (non-hydrogen) atoms. The van der Waals surface area contributed by atoms with Gasteiger partial charge in [0.05, 0.1) is 13.2 Å². The van der Waals surface area contributed by atoms with Gasteiger partial charge in [0.25, 0.3) is 0 Å². The van der Waals surface area contributed by atoms with Gasteiger partial charge in [-0.15, -0.1) is 0 Å². The van der Waals surface area contributed by atoms with Gasteiger partial charge in [0.1, 0.15) is 6.61 Å². The van der Waals surface area contributed by atoms with Gasteiger partial charge >= 0.3 is 0 Å². The van der Waals surface area contributed by atoms with E-state index < -0.39 is 0 Å². The van der Waals surface area contributed by atoms with E-state index >= 15 is 0 Å². The van der Waals surface area contributed by atoms with E-state index in [0.717, 1.165) is 30.0 Å². The molecule has 2 rings (SSSR count). The monoisotopic (exact) mass is 378 g/mol. The van der Waals surface area contributed by atoms with Crippen LogP contribution in [0.3, 0.4) is 0 Å². The van der Waals surface area contributed by atoms with Gasteiger partial charge in [-0.05, 0) is 30.7 Å². The Hall–Kier alpha value is -1.79. The first kappa shape index (κ1) is 20.5. The van der Waals surface area contributed by atoms with Gasteiger partial charge in [-0.25, -0.2) is 0 Å². The SMILES string of the molecule is COc1cccc(CNCCNC[C@H](C)O)c1OCc1ccc(Cl)cc1. The second-order valence-electron chi connectivity index (χ2n) is 6.09. The minimum absolute atomic E-state index is 0.332. The molecule has 0 aliphatic rings. The number of para-hydroxylation sites is 1. The second kappa shape index (κ2) is 11.0. The lowest BCUT2D eigenvalue weighted by Crippen LogP contribution is -2.31. The van der Waals surface area contributed by atoms with Crippen LogP contribution in [0.2, 0.25) is 5.02 Å². The Kier molecular flexibility index (Phi) is 8.71. The molecule has 0 aliphatic carbocycles. The Morgan fingerprint density at radius 3 is 2.50 bits per heavy atom. The van der Waals surface area contributed by atoms with E-state index in [0.29, 0.717) is 30.5 Å². The predicted molar refractivity (Wildman–Crippen MR) is 105 cm³/mol. The van der Waals surface area contributed by atoms with Crippen molar-refractivity contribution in [3.8, 4) is 11.5 Å². The summed E-state index contributed by atoms with van der Waals surface area (Å²) in [6, 6.07) is 13.5. The molecule has 0 aromatic heterocycles. The molecule has 0 spiro atoms. The van der Waals surface area contributed by atoms with Crippen molar-refractivity contribution in [3.05, 3.63) is 58.6 Å². The lowest BCUT2D eigenvalue weighted by Gasteiger charge is -2.16. The number of methoxy groups -OCH3 is 1. The fourth-order valence-corrected chi connectivity index (χ4v) is 2.60. The van der Waals surface area contributed by atoms with E-state index in [1.165, 1.54) is 0 Å². The molecule has 2 aromatic rings. The standard InChI is InChI=1S/C20H27ClN2O3/c1-15(24)12-22-10-11-23-13-17-4-3-5-19(25-2)20(17)26-14-16-6-8-18(21)9-7-16/h3-9,15,22-24H,10-14H2,1-2H3/t15-/m0/s1. The summed E-state index contributed by atoms with van der Waals surface area (Å²) in [4.78, 5) is 0. The molecular formula is C20H27ClN2O3. The van der Waals surface area contributed by atoms with Crippen LogP contribution in [0.1, 0.15) is 18.1 Å². The van der Waals surface area contributed by atoms with Crippen LogP contribution < -0.4 is 20.1 Å². The zero-order valence-corrected chi connectivity index (χ0v) is 16.1. The average molecular weight is 379 g/mol. The number of hydrogen-bond acceptors (Lipinski definition) is 5. The van der Waals surface area contributed by atoms with Gasteiger partial charge in [0.15, 0.2) is 11.5 Å². The Labute approximate surface area is 160 Å². The van der Waals surface area contributed by atoms with Gasteiger partial charge in [0.2, 0.25) is 0 Å². The molecule has 2 aromatic carbocycles. The Morgan fingerprint density at radius 2 is 1.81 bits per heavy atom. The summed E-state index contributed by atoms with van der Waals surface area (Å²) in [5, 5.41) is 16.5. The number of benzene rings is 2. The summed E-state index contributed by atoms with van der Waals surface area (Å²) >= 11 is 5.92. The Bertz CT molecular complexity index is 663. The van der Waals surface area contributed by atoms with Crippen LogP contribution in [0.5, 0.6) is 11.5 Å². The highest BCUT2D eigenvalue weighted by Crippen LogP contribution is 2.31. The number of aliphatic hydroxyl groups is 1. The van der Waals surface area contributed by atoms with Crippen molar-refractivity contribution in [3.63, 3.8) is 0 Å². The van der Waals surface area contributed by atoms with Gasteiger partial charge in [-0.2, -0.15) is 0 Å². The van der Waals surface area contributed by atoms with Crippen molar-refractivity contribution in [2.24, 2.45) is 0 Å².